The second-order valence-electron chi connectivity index (χ2n) is 5.03. The number of nitrogens with two attached hydrogens (primary N) is 1. The lowest BCUT2D eigenvalue weighted by Gasteiger charge is -2.30. The molecule has 0 unspecified atom stereocenters. The van der Waals surface area contributed by atoms with Crippen LogP contribution in [-0.2, 0) is 0 Å². The zero-order chi connectivity index (χ0) is 13.8. The highest BCUT2D eigenvalue weighted by Crippen LogP contribution is 2.22. The molecule has 1 aromatic carbocycles. The van der Waals surface area contributed by atoms with Crippen LogP contribution in [0.2, 0.25) is 0 Å². The minimum absolute atomic E-state index is 0.0707. The van der Waals surface area contributed by atoms with Gasteiger partial charge in [0.2, 0.25) is 0 Å². The molecule has 5 heteroatoms. The van der Waals surface area contributed by atoms with Gasteiger partial charge in [0.05, 0.1) is 12.8 Å². The maximum absolute atomic E-state index is 12.2. The number of piperidine rings is 1. The third kappa shape index (κ3) is 3.38. The fourth-order valence-corrected chi connectivity index (χ4v) is 2.41. The van der Waals surface area contributed by atoms with Crippen LogP contribution in [0.25, 0.3) is 0 Å². The molecular formula is C14H21N3O2. The van der Waals surface area contributed by atoms with Gasteiger partial charge in [-0.2, -0.15) is 0 Å². The van der Waals surface area contributed by atoms with E-state index in [1.54, 1.807) is 25.3 Å². The number of carbonyl (C=O) groups excluding carboxylic acids is 1. The van der Waals surface area contributed by atoms with E-state index in [9.17, 15) is 4.79 Å². The molecule has 1 saturated heterocycles. The van der Waals surface area contributed by atoms with E-state index in [1.165, 1.54) is 0 Å². The molecule has 0 spiro atoms. The molecule has 1 amide bonds. The molecule has 0 aromatic heterocycles. The quantitative estimate of drug-likeness (QED) is 0.801. The van der Waals surface area contributed by atoms with E-state index in [4.69, 9.17) is 10.5 Å². The largest absolute Gasteiger partial charge is 0.495 e. The number of benzene rings is 1. The van der Waals surface area contributed by atoms with Crippen LogP contribution >= 0.6 is 0 Å². The molecule has 1 heterocycles. The number of amides is 1. The maximum Gasteiger partial charge on any atom is 0.251 e. The minimum Gasteiger partial charge on any atom is -0.495 e. The number of likely N-dealkylation sites (tertiary alicyclic amines) is 1. The lowest BCUT2D eigenvalue weighted by molar-refractivity contribution is 0.0912. The van der Waals surface area contributed by atoms with Crippen molar-refractivity contribution in [2.75, 3.05) is 33.0 Å². The predicted octanol–water partition coefficient (Wildman–Crippen LogP) is 1.10. The number of nitrogens with zero attached hydrogens (tertiary/aromatic N) is 1. The topological polar surface area (TPSA) is 67.6 Å². The summed E-state index contributed by atoms with van der Waals surface area (Å²) in [5, 5.41) is 3.06. The van der Waals surface area contributed by atoms with Gasteiger partial charge in [-0.05, 0) is 44.6 Å². The van der Waals surface area contributed by atoms with Gasteiger partial charge in [-0.15, -0.1) is 0 Å². The summed E-state index contributed by atoms with van der Waals surface area (Å²) in [7, 11) is 3.62. The number of hydrogen-bond acceptors (Lipinski definition) is 4. The monoisotopic (exact) mass is 263 g/mol. The Morgan fingerprint density at radius 2 is 2.32 bits per heavy atom. The van der Waals surface area contributed by atoms with Gasteiger partial charge in [0.1, 0.15) is 5.75 Å². The number of hydrogen-bond donors (Lipinski definition) is 2. The zero-order valence-electron chi connectivity index (χ0n) is 11.5. The Morgan fingerprint density at radius 1 is 1.53 bits per heavy atom. The lowest BCUT2D eigenvalue weighted by Crippen LogP contribution is -2.46. The number of nitrogen functional groups attached to an aromatic ring is 1. The molecule has 0 bridgehead atoms. The van der Waals surface area contributed by atoms with Crippen molar-refractivity contribution in [3.8, 4) is 5.75 Å². The fourth-order valence-electron chi connectivity index (χ4n) is 2.41. The van der Waals surface area contributed by atoms with Crippen LogP contribution in [0.5, 0.6) is 5.75 Å². The highest BCUT2D eigenvalue weighted by molar-refractivity contribution is 5.95. The number of anilines is 1. The van der Waals surface area contributed by atoms with E-state index in [0.29, 0.717) is 17.0 Å². The molecule has 2 rings (SSSR count). The normalized spacial score (nSPS) is 20.0. The van der Waals surface area contributed by atoms with Gasteiger partial charge in [0.25, 0.3) is 5.91 Å². The second kappa shape index (κ2) is 5.93. The molecular weight excluding hydrogens is 242 g/mol. The van der Waals surface area contributed by atoms with Crippen LogP contribution in [0.15, 0.2) is 18.2 Å². The Labute approximate surface area is 113 Å². The first kappa shape index (κ1) is 13.7. The van der Waals surface area contributed by atoms with Gasteiger partial charge in [-0.25, -0.2) is 0 Å². The van der Waals surface area contributed by atoms with Crippen LogP contribution < -0.4 is 15.8 Å². The summed E-state index contributed by atoms with van der Waals surface area (Å²) in [6.45, 7) is 2.00. The second-order valence-corrected chi connectivity index (χ2v) is 5.03. The van der Waals surface area contributed by atoms with E-state index in [0.717, 1.165) is 25.9 Å². The Morgan fingerprint density at radius 3 is 3.00 bits per heavy atom. The van der Waals surface area contributed by atoms with Gasteiger partial charge in [-0.3, -0.25) is 4.79 Å². The fraction of sp³-hybridized carbons (Fsp3) is 0.500. The van der Waals surface area contributed by atoms with Crippen molar-refractivity contribution >= 4 is 11.6 Å². The van der Waals surface area contributed by atoms with Crippen LogP contribution in [0, 0.1) is 0 Å². The van der Waals surface area contributed by atoms with Crippen molar-refractivity contribution < 1.29 is 9.53 Å². The summed E-state index contributed by atoms with van der Waals surface area (Å²) in [6, 6.07) is 5.31. The van der Waals surface area contributed by atoms with Crippen LogP contribution in [0.4, 0.5) is 5.69 Å². The van der Waals surface area contributed by atoms with Crippen molar-refractivity contribution in [3.63, 3.8) is 0 Å². The molecule has 104 valence electrons. The Kier molecular flexibility index (Phi) is 4.27. The van der Waals surface area contributed by atoms with Crippen molar-refractivity contribution in [1.29, 1.82) is 0 Å². The van der Waals surface area contributed by atoms with Crippen LogP contribution in [0.1, 0.15) is 23.2 Å². The number of nitrogens with one attached hydrogen (secondary N) is 1. The van der Waals surface area contributed by atoms with Crippen LogP contribution in [-0.4, -0.2) is 44.1 Å². The average Bonchev–Trinajstić information content (AvgIpc) is 2.39. The Bertz CT molecular complexity index is 462. The number of ether oxygens (including phenoxy) is 1. The van der Waals surface area contributed by atoms with Crippen molar-refractivity contribution in [2.45, 2.75) is 18.9 Å². The third-order valence-electron chi connectivity index (χ3n) is 3.46. The SMILES string of the molecule is COc1cc(C(=O)N[C@@H]2CCCN(C)C2)ccc1N. The molecule has 0 aliphatic carbocycles. The van der Waals surface area contributed by atoms with Crippen LogP contribution in [0.3, 0.4) is 0 Å². The summed E-state index contributed by atoms with van der Waals surface area (Å²) in [4.78, 5) is 14.4. The Balaban J connectivity index is 2.03. The van der Waals surface area contributed by atoms with E-state index < -0.39 is 0 Å². The molecule has 0 saturated carbocycles. The average molecular weight is 263 g/mol. The van der Waals surface area contributed by atoms with E-state index in [-0.39, 0.29) is 11.9 Å². The molecule has 1 atom stereocenters. The summed E-state index contributed by atoms with van der Waals surface area (Å²) >= 11 is 0. The molecule has 1 aliphatic heterocycles. The summed E-state index contributed by atoms with van der Waals surface area (Å²) < 4.78 is 5.13. The Hall–Kier alpha value is -1.75. The van der Waals surface area contributed by atoms with Gasteiger partial charge in [0, 0.05) is 18.2 Å². The smallest absolute Gasteiger partial charge is 0.251 e. The number of carbonyl (C=O) groups is 1. The molecule has 0 radical (unpaired) electrons. The third-order valence-corrected chi connectivity index (χ3v) is 3.46. The van der Waals surface area contributed by atoms with Gasteiger partial charge in [0.15, 0.2) is 0 Å². The van der Waals surface area contributed by atoms with Gasteiger partial charge in [-0.1, -0.05) is 0 Å². The van der Waals surface area contributed by atoms with E-state index >= 15 is 0 Å². The maximum atomic E-state index is 12.2. The number of rotatable bonds is 3. The lowest BCUT2D eigenvalue weighted by atomic mass is 10.1. The summed E-state index contributed by atoms with van der Waals surface area (Å²) in [5.74, 6) is 0.465. The van der Waals surface area contributed by atoms with Gasteiger partial charge < -0.3 is 20.7 Å². The van der Waals surface area contributed by atoms with Gasteiger partial charge >= 0.3 is 0 Å². The first-order valence-electron chi connectivity index (χ1n) is 6.53. The standard InChI is InChI=1S/C14H21N3O2/c1-17-7-3-4-11(9-17)16-14(18)10-5-6-12(15)13(8-10)19-2/h5-6,8,11H,3-4,7,9,15H2,1-2H3,(H,16,18)/t11-/m1/s1. The summed E-state index contributed by atoms with van der Waals surface area (Å²) in [5.41, 5.74) is 6.86. The minimum atomic E-state index is -0.0707. The highest BCUT2D eigenvalue weighted by Gasteiger charge is 2.19. The number of likely N-dealkylation sites (N-methyl/N-ethyl adjacent to an activating group) is 1. The molecule has 1 aliphatic rings. The first-order chi connectivity index (χ1) is 9.10. The number of methoxy groups -OCH3 is 1. The molecule has 19 heavy (non-hydrogen) atoms. The predicted molar refractivity (Wildman–Crippen MR) is 75.4 cm³/mol. The molecule has 5 nitrogen and oxygen atoms in total. The highest BCUT2D eigenvalue weighted by atomic mass is 16.5. The molecule has 1 aromatic rings. The van der Waals surface area contributed by atoms with Crippen molar-refractivity contribution in [1.82, 2.24) is 10.2 Å². The van der Waals surface area contributed by atoms with Crippen molar-refractivity contribution in [3.05, 3.63) is 23.8 Å². The van der Waals surface area contributed by atoms with Crippen molar-refractivity contribution in [2.24, 2.45) is 0 Å². The summed E-state index contributed by atoms with van der Waals surface area (Å²) in [6.07, 6.45) is 2.15. The molecule has 1 fully saturated rings. The van der Waals surface area contributed by atoms with E-state index in [2.05, 4.69) is 17.3 Å². The van der Waals surface area contributed by atoms with E-state index in [1.807, 2.05) is 0 Å². The first-order valence-corrected chi connectivity index (χ1v) is 6.53. The zero-order valence-corrected chi connectivity index (χ0v) is 11.5. The molecule has 3 N–H and O–H groups in total.